The van der Waals surface area contributed by atoms with Gasteiger partial charge in [-0.2, -0.15) is 0 Å². The van der Waals surface area contributed by atoms with Crippen LogP contribution in [0.3, 0.4) is 0 Å². The van der Waals surface area contributed by atoms with E-state index in [2.05, 4.69) is 10.6 Å². The maximum Gasteiger partial charge on any atom is 0.322 e. The molecular formula is C15H17N3O4. The van der Waals surface area contributed by atoms with Gasteiger partial charge in [0.2, 0.25) is 5.91 Å². The smallest absolute Gasteiger partial charge is 0.322 e. The largest absolute Gasteiger partial charge is 0.370 e. The molecule has 1 aromatic carbocycles. The number of amides is 4. The molecular weight excluding hydrogens is 286 g/mol. The van der Waals surface area contributed by atoms with Crippen molar-refractivity contribution in [3.8, 4) is 0 Å². The predicted molar refractivity (Wildman–Crippen MR) is 76.8 cm³/mol. The number of carbonyl (C=O) groups is 3. The number of morpholine rings is 1. The van der Waals surface area contributed by atoms with Crippen LogP contribution in [0.2, 0.25) is 0 Å². The Labute approximate surface area is 127 Å². The van der Waals surface area contributed by atoms with Crippen molar-refractivity contribution in [1.29, 1.82) is 0 Å². The summed E-state index contributed by atoms with van der Waals surface area (Å²) in [6.07, 6.45) is -0.190. The summed E-state index contributed by atoms with van der Waals surface area (Å²) in [5.41, 5.74) is 1.02. The van der Waals surface area contributed by atoms with Crippen LogP contribution in [0, 0.1) is 0 Å². The first-order valence-electron chi connectivity index (χ1n) is 7.19. The van der Waals surface area contributed by atoms with E-state index in [4.69, 9.17) is 4.74 Å². The topological polar surface area (TPSA) is 87.7 Å². The fourth-order valence-electron chi connectivity index (χ4n) is 2.65. The number of hydrogen-bond acceptors (Lipinski definition) is 4. The van der Waals surface area contributed by atoms with Crippen molar-refractivity contribution < 1.29 is 19.1 Å². The third kappa shape index (κ3) is 3.09. The summed E-state index contributed by atoms with van der Waals surface area (Å²) in [4.78, 5) is 36.6. The zero-order valence-electron chi connectivity index (χ0n) is 12.0. The summed E-state index contributed by atoms with van der Waals surface area (Å²) in [6, 6.07) is 8.38. The van der Waals surface area contributed by atoms with Crippen LogP contribution in [0.5, 0.6) is 0 Å². The van der Waals surface area contributed by atoms with Gasteiger partial charge in [0.05, 0.1) is 19.6 Å². The number of ether oxygens (including phenoxy) is 1. The third-order valence-corrected chi connectivity index (χ3v) is 3.83. The molecule has 0 bridgehead atoms. The summed E-state index contributed by atoms with van der Waals surface area (Å²) < 4.78 is 5.71. The Balaban J connectivity index is 1.61. The highest BCUT2D eigenvalue weighted by molar-refractivity contribution is 6.05. The summed E-state index contributed by atoms with van der Waals surface area (Å²) >= 11 is 0. The van der Waals surface area contributed by atoms with Crippen LogP contribution in [0.1, 0.15) is 18.1 Å². The Kier molecular flexibility index (Phi) is 4.06. The Bertz CT molecular complexity index is 590. The molecule has 1 aromatic rings. The molecule has 7 nitrogen and oxygen atoms in total. The van der Waals surface area contributed by atoms with Gasteiger partial charge in [0.1, 0.15) is 12.1 Å². The summed E-state index contributed by atoms with van der Waals surface area (Å²) in [7, 11) is 0. The normalized spacial score (nSPS) is 24.8. The molecule has 22 heavy (non-hydrogen) atoms. The Morgan fingerprint density at radius 2 is 2.05 bits per heavy atom. The molecule has 2 heterocycles. The molecule has 2 fully saturated rings. The molecule has 0 saturated carbocycles. The lowest BCUT2D eigenvalue weighted by Gasteiger charge is -2.33. The highest BCUT2D eigenvalue weighted by atomic mass is 16.5. The maximum absolute atomic E-state index is 12.3. The first-order valence-corrected chi connectivity index (χ1v) is 7.19. The van der Waals surface area contributed by atoms with Crippen molar-refractivity contribution in [1.82, 2.24) is 15.5 Å². The lowest BCUT2D eigenvalue weighted by molar-refractivity contribution is -0.140. The number of nitrogens with zero attached hydrogens (tertiary/aromatic N) is 1. The number of rotatable bonds is 3. The van der Waals surface area contributed by atoms with Gasteiger partial charge in [-0.15, -0.1) is 0 Å². The van der Waals surface area contributed by atoms with E-state index >= 15 is 0 Å². The summed E-state index contributed by atoms with van der Waals surface area (Å²) in [5.74, 6) is -0.613. The molecule has 0 aromatic heterocycles. The number of hydrogen-bond donors (Lipinski definition) is 2. The van der Waals surface area contributed by atoms with Gasteiger partial charge in [-0.25, -0.2) is 4.79 Å². The van der Waals surface area contributed by atoms with Crippen molar-refractivity contribution in [2.75, 3.05) is 19.7 Å². The molecule has 2 N–H and O–H groups in total. The molecule has 2 aliphatic heterocycles. The molecule has 4 amide bonds. The minimum atomic E-state index is -0.780. The Morgan fingerprint density at radius 3 is 2.73 bits per heavy atom. The van der Waals surface area contributed by atoms with E-state index in [0.29, 0.717) is 19.7 Å². The van der Waals surface area contributed by atoms with Gasteiger partial charge in [-0.3, -0.25) is 14.9 Å². The number of benzene rings is 1. The van der Waals surface area contributed by atoms with Crippen molar-refractivity contribution >= 4 is 17.8 Å². The van der Waals surface area contributed by atoms with E-state index in [1.54, 1.807) is 4.90 Å². The van der Waals surface area contributed by atoms with Gasteiger partial charge in [-0.05, 0) is 5.56 Å². The van der Waals surface area contributed by atoms with Crippen LogP contribution < -0.4 is 10.6 Å². The highest BCUT2D eigenvalue weighted by Crippen LogP contribution is 2.22. The number of nitrogens with one attached hydrogen (secondary N) is 2. The quantitative estimate of drug-likeness (QED) is 0.780. The summed E-state index contributed by atoms with van der Waals surface area (Å²) in [6.45, 7) is 1.39. The van der Waals surface area contributed by atoms with Crippen LogP contribution in [0.4, 0.5) is 4.79 Å². The van der Waals surface area contributed by atoms with Crippen molar-refractivity contribution in [2.24, 2.45) is 0 Å². The van der Waals surface area contributed by atoms with E-state index in [1.807, 2.05) is 30.3 Å². The van der Waals surface area contributed by atoms with Crippen LogP contribution in [-0.4, -0.2) is 48.5 Å². The lowest BCUT2D eigenvalue weighted by atomic mass is 10.1. The second-order valence-electron chi connectivity index (χ2n) is 5.33. The number of imide groups is 1. The molecule has 2 atom stereocenters. The van der Waals surface area contributed by atoms with E-state index in [0.717, 1.165) is 5.56 Å². The van der Waals surface area contributed by atoms with Gasteiger partial charge in [0, 0.05) is 6.54 Å². The van der Waals surface area contributed by atoms with Gasteiger partial charge < -0.3 is 15.0 Å². The van der Waals surface area contributed by atoms with Gasteiger partial charge in [0.15, 0.2) is 0 Å². The molecule has 2 saturated heterocycles. The first-order chi connectivity index (χ1) is 10.6. The second-order valence-corrected chi connectivity index (χ2v) is 5.33. The van der Waals surface area contributed by atoms with Crippen LogP contribution in [0.15, 0.2) is 30.3 Å². The van der Waals surface area contributed by atoms with E-state index in [1.165, 1.54) is 0 Å². The Hall–Kier alpha value is -2.41. The predicted octanol–water partition coefficient (Wildman–Crippen LogP) is 0.185. The van der Waals surface area contributed by atoms with Crippen molar-refractivity contribution in [3.05, 3.63) is 35.9 Å². The van der Waals surface area contributed by atoms with E-state index < -0.39 is 18.0 Å². The molecule has 7 heteroatoms. The van der Waals surface area contributed by atoms with Gasteiger partial charge in [0.25, 0.3) is 5.91 Å². The molecule has 2 aliphatic rings. The number of urea groups is 1. The van der Waals surface area contributed by atoms with Gasteiger partial charge >= 0.3 is 6.03 Å². The van der Waals surface area contributed by atoms with Crippen LogP contribution in [0.25, 0.3) is 0 Å². The SMILES string of the molecule is O=C1NC(=O)C(CC(=O)N2CCOC(c3ccccc3)C2)N1. The molecule has 3 rings (SSSR count). The van der Waals surface area contributed by atoms with Gasteiger partial charge in [-0.1, -0.05) is 30.3 Å². The zero-order valence-corrected chi connectivity index (χ0v) is 12.0. The fraction of sp³-hybridized carbons (Fsp3) is 0.400. The minimum absolute atomic E-state index is 0.0287. The van der Waals surface area contributed by atoms with E-state index in [9.17, 15) is 14.4 Å². The van der Waals surface area contributed by atoms with Crippen LogP contribution in [-0.2, 0) is 14.3 Å². The molecule has 2 unspecified atom stereocenters. The fourth-order valence-corrected chi connectivity index (χ4v) is 2.65. The average Bonchev–Trinajstić information content (AvgIpc) is 2.86. The van der Waals surface area contributed by atoms with Crippen molar-refractivity contribution in [2.45, 2.75) is 18.6 Å². The lowest BCUT2D eigenvalue weighted by Crippen LogP contribution is -2.45. The Morgan fingerprint density at radius 1 is 1.27 bits per heavy atom. The standard InChI is InChI=1S/C15H17N3O4/c19-13(8-11-14(20)17-15(21)16-11)18-6-7-22-12(9-18)10-4-2-1-3-5-10/h1-5,11-12H,6-9H2,(H2,16,17,20,21). The zero-order chi connectivity index (χ0) is 15.5. The minimum Gasteiger partial charge on any atom is -0.370 e. The highest BCUT2D eigenvalue weighted by Gasteiger charge is 2.34. The average molecular weight is 303 g/mol. The monoisotopic (exact) mass is 303 g/mol. The maximum atomic E-state index is 12.3. The first kappa shape index (κ1) is 14.5. The number of carbonyl (C=O) groups excluding carboxylic acids is 3. The van der Waals surface area contributed by atoms with Crippen molar-refractivity contribution in [3.63, 3.8) is 0 Å². The van der Waals surface area contributed by atoms with E-state index in [-0.39, 0.29) is 18.4 Å². The third-order valence-electron chi connectivity index (χ3n) is 3.83. The molecule has 0 spiro atoms. The summed E-state index contributed by atoms with van der Waals surface area (Å²) in [5, 5.41) is 4.56. The molecule has 0 aliphatic carbocycles. The van der Waals surface area contributed by atoms with Crippen LogP contribution >= 0.6 is 0 Å². The second kappa shape index (κ2) is 6.15. The molecule has 116 valence electrons. The molecule has 0 radical (unpaired) electrons.